The third-order valence-electron chi connectivity index (χ3n) is 6.56. The molecule has 2 unspecified atom stereocenters. The number of piperazine rings is 1. The molecule has 35 heavy (non-hydrogen) atoms. The topological polar surface area (TPSA) is 113 Å². The molecule has 2 aliphatic rings. The molecule has 2 aliphatic heterocycles. The van der Waals surface area contributed by atoms with E-state index in [9.17, 15) is 18.4 Å². The van der Waals surface area contributed by atoms with E-state index in [1.54, 1.807) is 6.92 Å². The van der Waals surface area contributed by atoms with E-state index in [0.29, 0.717) is 24.2 Å². The van der Waals surface area contributed by atoms with Crippen LogP contribution in [0.4, 0.5) is 18.6 Å². The lowest BCUT2D eigenvalue weighted by molar-refractivity contribution is 0.0996. The third-order valence-corrected chi connectivity index (χ3v) is 7.30. The number of primary amides is 1. The highest BCUT2D eigenvalue weighted by Crippen LogP contribution is 2.31. The third kappa shape index (κ3) is 5.88. The van der Waals surface area contributed by atoms with Crippen molar-refractivity contribution in [3.63, 3.8) is 0 Å². The first kappa shape index (κ1) is 25.3. The van der Waals surface area contributed by atoms with Crippen LogP contribution in [-0.4, -0.2) is 71.4 Å². The van der Waals surface area contributed by atoms with E-state index in [-0.39, 0.29) is 22.0 Å². The maximum atomic E-state index is 14.1. The van der Waals surface area contributed by atoms with Crippen LogP contribution in [0.3, 0.4) is 0 Å². The van der Waals surface area contributed by atoms with Gasteiger partial charge >= 0.3 is 6.03 Å². The summed E-state index contributed by atoms with van der Waals surface area (Å²) >= 11 is 0.800. The Morgan fingerprint density at radius 1 is 1.23 bits per heavy atom. The highest BCUT2D eigenvalue weighted by molar-refractivity contribution is 7.11. The molecular formula is C23H30F2N6O3S. The van der Waals surface area contributed by atoms with Crippen molar-refractivity contribution < 1.29 is 23.1 Å². The first-order valence-corrected chi connectivity index (χ1v) is 12.4. The molecule has 2 atom stereocenters. The Morgan fingerprint density at radius 2 is 1.97 bits per heavy atom. The maximum Gasteiger partial charge on any atom is 0.319 e. The van der Waals surface area contributed by atoms with Gasteiger partial charge in [-0.2, -0.15) is 4.37 Å². The Labute approximate surface area is 206 Å². The number of aromatic nitrogens is 1. The van der Waals surface area contributed by atoms with Crippen LogP contribution in [0.15, 0.2) is 12.1 Å². The fourth-order valence-electron chi connectivity index (χ4n) is 4.70. The highest BCUT2D eigenvalue weighted by Gasteiger charge is 2.40. The van der Waals surface area contributed by atoms with E-state index >= 15 is 0 Å². The zero-order valence-corrected chi connectivity index (χ0v) is 20.6. The molecule has 2 saturated heterocycles. The van der Waals surface area contributed by atoms with Gasteiger partial charge in [-0.15, -0.1) is 0 Å². The van der Waals surface area contributed by atoms with Crippen LogP contribution < -0.4 is 21.1 Å². The van der Waals surface area contributed by atoms with Crippen molar-refractivity contribution in [3.05, 3.63) is 40.5 Å². The summed E-state index contributed by atoms with van der Waals surface area (Å²) in [6.45, 7) is 4.83. The lowest BCUT2D eigenvalue weighted by atomic mass is 10.1. The minimum atomic E-state index is -0.876. The number of rotatable bonds is 10. The smallest absolute Gasteiger partial charge is 0.319 e. The van der Waals surface area contributed by atoms with Crippen LogP contribution in [0.5, 0.6) is 5.88 Å². The number of anilines is 1. The molecule has 2 bridgehead atoms. The van der Waals surface area contributed by atoms with Crippen LogP contribution >= 0.6 is 11.5 Å². The average molecular weight is 509 g/mol. The van der Waals surface area contributed by atoms with E-state index in [4.69, 9.17) is 10.5 Å². The van der Waals surface area contributed by atoms with Crippen LogP contribution in [-0.2, 0) is 6.61 Å². The molecule has 12 heteroatoms. The summed E-state index contributed by atoms with van der Waals surface area (Å²) in [4.78, 5) is 29.2. The number of benzene rings is 1. The summed E-state index contributed by atoms with van der Waals surface area (Å²) in [5.74, 6) is -2.59. The van der Waals surface area contributed by atoms with Gasteiger partial charge in [0.15, 0.2) is 0 Å². The number of aryl methyl sites for hydroxylation is 1. The number of nitrogens with zero attached hydrogens (tertiary/aromatic N) is 3. The summed E-state index contributed by atoms with van der Waals surface area (Å²) in [7, 11) is 2.18. The van der Waals surface area contributed by atoms with Gasteiger partial charge in [0.25, 0.3) is 5.91 Å². The number of carbonyl (C=O) groups excluding carboxylic acids is 2. The number of fused-ring (bicyclic) bond motifs is 2. The molecule has 3 amide bonds. The van der Waals surface area contributed by atoms with E-state index < -0.39 is 30.2 Å². The molecular weight excluding hydrogens is 478 g/mol. The molecule has 4 N–H and O–H groups in total. The van der Waals surface area contributed by atoms with E-state index in [1.165, 1.54) is 18.6 Å². The Bertz CT molecular complexity index is 1070. The van der Waals surface area contributed by atoms with Crippen molar-refractivity contribution >= 4 is 28.5 Å². The van der Waals surface area contributed by atoms with Gasteiger partial charge in [0.05, 0.1) is 5.56 Å². The van der Waals surface area contributed by atoms with Gasteiger partial charge < -0.3 is 20.7 Å². The molecule has 4 rings (SSSR count). The molecule has 0 saturated carbocycles. The summed E-state index contributed by atoms with van der Waals surface area (Å²) in [6, 6.07) is 3.19. The summed E-state index contributed by atoms with van der Waals surface area (Å²) in [6.07, 6.45) is 3.05. The largest absolute Gasteiger partial charge is 0.471 e. The second-order valence-electron chi connectivity index (χ2n) is 9.12. The first-order valence-electron chi connectivity index (χ1n) is 11.6. The number of ether oxygens (including phenoxy) is 1. The average Bonchev–Trinajstić information content (AvgIpc) is 3.46. The van der Waals surface area contributed by atoms with E-state index in [0.717, 1.165) is 44.0 Å². The minimum absolute atomic E-state index is 0.104. The van der Waals surface area contributed by atoms with Crippen molar-refractivity contribution in [2.45, 2.75) is 44.9 Å². The second kappa shape index (κ2) is 10.8. The quantitative estimate of drug-likeness (QED) is 0.426. The predicted molar refractivity (Wildman–Crippen MR) is 129 cm³/mol. The monoisotopic (exact) mass is 508 g/mol. The van der Waals surface area contributed by atoms with Gasteiger partial charge in [-0.3, -0.25) is 15.0 Å². The Kier molecular flexibility index (Phi) is 7.82. The molecule has 3 heterocycles. The van der Waals surface area contributed by atoms with Crippen molar-refractivity contribution in [3.8, 4) is 5.88 Å². The lowest BCUT2D eigenvalue weighted by Crippen LogP contribution is -2.44. The fraction of sp³-hybridized carbons (Fsp3) is 0.522. The second-order valence-corrected chi connectivity index (χ2v) is 9.89. The standard InChI is InChI=1S/C23H30F2N6O3S/c1-13-7-17(24)16(18(25)8-13)12-34-21-19(20(26)32)22(35-29-21)28-23(33)27-5-3-4-6-31-11-14-9-15(31)10-30(14)2/h7-8,14-15H,3-6,9-12H2,1-2H3,(H2,26,32)(H2,27,28,33). The number of carbonyl (C=O) groups is 2. The molecule has 9 nitrogen and oxygen atoms in total. The molecule has 2 aromatic rings. The summed E-state index contributed by atoms with van der Waals surface area (Å²) < 4.78 is 37.5. The van der Waals surface area contributed by atoms with Crippen LogP contribution in [0.1, 0.15) is 40.7 Å². The molecule has 0 aliphatic carbocycles. The number of halogens is 2. The number of nitrogens with two attached hydrogens (primary N) is 1. The predicted octanol–water partition coefficient (Wildman–Crippen LogP) is 2.70. The zero-order chi connectivity index (χ0) is 25.1. The first-order chi connectivity index (χ1) is 16.7. The number of amides is 3. The van der Waals surface area contributed by atoms with Crippen molar-refractivity contribution in [2.75, 3.05) is 38.5 Å². The van der Waals surface area contributed by atoms with Gasteiger partial charge in [0, 0.05) is 31.7 Å². The number of likely N-dealkylation sites (tertiary alicyclic amines) is 2. The van der Waals surface area contributed by atoms with Crippen molar-refractivity contribution in [2.24, 2.45) is 5.73 Å². The maximum absolute atomic E-state index is 14.1. The van der Waals surface area contributed by atoms with Gasteiger partial charge in [-0.25, -0.2) is 13.6 Å². The number of urea groups is 1. The molecule has 1 aromatic heterocycles. The minimum Gasteiger partial charge on any atom is -0.471 e. The molecule has 190 valence electrons. The van der Waals surface area contributed by atoms with Crippen molar-refractivity contribution in [1.29, 1.82) is 0 Å². The van der Waals surface area contributed by atoms with Crippen LogP contribution in [0.25, 0.3) is 0 Å². The molecule has 0 spiro atoms. The molecule has 1 aromatic carbocycles. The normalized spacial score (nSPS) is 19.8. The molecule has 2 fully saturated rings. The highest BCUT2D eigenvalue weighted by atomic mass is 32.1. The summed E-state index contributed by atoms with van der Waals surface area (Å²) in [5, 5.41) is 5.43. The van der Waals surface area contributed by atoms with E-state index in [1.807, 2.05) is 0 Å². The van der Waals surface area contributed by atoms with E-state index in [2.05, 4.69) is 31.9 Å². The van der Waals surface area contributed by atoms with Crippen LogP contribution in [0.2, 0.25) is 0 Å². The summed E-state index contributed by atoms with van der Waals surface area (Å²) in [5.41, 5.74) is 5.43. The zero-order valence-electron chi connectivity index (χ0n) is 19.8. The Balaban J connectivity index is 1.24. The Hall–Kier alpha value is -2.83. The number of nitrogens with one attached hydrogen (secondary N) is 2. The fourth-order valence-corrected chi connectivity index (χ4v) is 5.43. The Morgan fingerprint density at radius 3 is 2.60 bits per heavy atom. The van der Waals surface area contributed by atoms with Gasteiger partial charge in [0.1, 0.15) is 28.8 Å². The number of likely N-dealkylation sites (N-methyl/N-ethyl adjacent to an activating group) is 1. The number of hydrogen-bond donors (Lipinski definition) is 3. The van der Waals surface area contributed by atoms with Gasteiger partial charge in [0.2, 0.25) is 5.88 Å². The molecule has 0 radical (unpaired) electrons. The lowest BCUT2D eigenvalue weighted by Gasteiger charge is -2.31. The number of unbranched alkanes of at least 4 members (excludes halogenated alkanes) is 1. The van der Waals surface area contributed by atoms with Crippen LogP contribution in [0, 0.1) is 18.6 Å². The number of hydrogen-bond acceptors (Lipinski definition) is 7. The van der Waals surface area contributed by atoms with Gasteiger partial charge in [-0.1, -0.05) is 0 Å². The van der Waals surface area contributed by atoms with Gasteiger partial charge in [-0.05, 0) is 69.0 Å². The van der Waals surface area contributed by atoms with Crippen molar-refractivity contribution in [1.82, 2.24) is 19.5 Å². The SMILES string of the molecule is Cc1cc(F)c(COc2nsc(NC(=O)NCCCCN3CC4CC3CN4C)c2C(N)=O)c(F)c1.